The van der Waals surface area contributed by atoms with Gasteiger partial charge in [-0.2, -0.15) is 0 Å². The van der Waals surface area contributed by atoms with Crippen LogP contribution in [0.3, 0.4) is 0 Å². The van der Waals surface area contributed by atoms with Crippen LogP contribution >= 0.6 is 0 Å². The van der Waals surface area contributed by atoms with Crippen LogP contribution in [0.25, 0.3) is 0 Å². The first-order valence-electron chi connectivity index (χ1n) is 6.13. The molecule has 2 aromatic rings. The van der Waals surface area contributed by atoms with Crippen LogP contribution in [-0.2, 0) is 6.42 Å². The SMILES string of the molecule is C=CC(C)c1c(Cc2ccccc2)[nH]c(=O)[nH]c1=O. The van der Waals surface area contributed by atoms with E-state index in [9.17, 15) is 9.59 Å². The summed E-state index contributed by atoms with van der Waals surface area (Å²) < 4.78 is 0. The first kappa shape index (κ1) is 13.1. The van der Waals surface area contributed by atoms with Crippen LogP contribution in [0.1, 0.15) is 29.7 Å². The zero-order valence-corrected chi connectivity index (χ0v) is 10.8. The second-order valence-corrected chi connectivity index (χ2v) is 4.49. The maximum absolute atomic E-state index is 11.9. The molecule has 1 aromatic carbocycles. The van der Waals surface area contributed by atoms with Gasteiger partial charge in [0.2, 0.25) is 0 Å². The molecule has 0 aliphatic rings. The molecule has 0 spiro atoms. The lowest BCUT2D eigenvalue weighted by Crippen LogP contribution is -2.29. The summed E-state index contributed by atoms with van der Waals surface area (Å²) in [5, 5.41) is 0. The van der Waals surface area contributed by atoms with Crippen LogP contribution in [0.5, 0.6) is 0 Å². The van der Waals surface area contributed by atoms with Crippen molar-refractivity contribution in [2.45, 2.75) is 19.3 Å². The third-order valence-corrected chi connectivity index (χ3v) is 3.09. The summed E-state index contributed by atoms with van der Waals surface area (Å²) in [6, 6.07) is 9.70. The highest BCUT2D eigenvalue weighted by Crippen LogP contribution is 2.17. The fourth-order valence-electron chi connectivity index (χ4n) is 2.08. The Hall–Kier alpha value is -2.36. The molecule has 2 rings (SSSR count). The molecule has 0 radical (unpaired) electrons. The van der Waals surface area contributed by atoms with Gasteiger partial charge < -0.3 is 4.98 Å². The van der Waals surface area contributed by atoms with E-state index in [1.807, 2.05) is 37.3 Å². The predicted molar refractivity (Wildman–Crippen MR) is 75.5 cm³/mol. The Morgan fingerprint density at radius 3 is 2.53 bits per heavy atom. The van der Waals surface area contributed by atoms with E-state index in [2.05, 4.69) is 16.5 Å². The number of rotatable bonds is 4. The second kappa shape index (κ2) is 5.52. The van der Waals surface area contributed by atoms with Gasteiger partial charge in [0.05, 0.1) is 0 Å². The number of benzene rings is 1. The molecule has 2 N–H and O–H groups in total. The van der Waals surface area contributed by atoms with E-state index in [4.69, 9.17) is 0 Å². The van der Waals surface area contributed by atoms with Crippen molar-refractivity contribution >= 4 is 0 Å². The van der Waals surface area contributed by atoms with E-state index >= 15 is 0 Å². The molecule has 98 valence electrons. The summed E-state index contributed by atoms with van der Waals surface area (Å²) in [7, 11) is 0. The molecule has 0 amide bonds. The van der Waals surface area contributed by atoms with Crippen molar-refractivity contribution in [1.29, 1.82) is 0 Å². The van der Waals surface area contributed by atoms with E-state index in [-0.39, 0.29) is 11.5 Å². The Morgan fingerprint density at radius 2 is 1.89 bits per heavy atom. The van der Waals surface area contributed by atoms with Crippen molar-refractivity contribution in [3.05, 3.63) is 80.6 Å². The van der Waals surface area contributed by atoms with Gasteiger partial charge in [-0.05, 0) is 5.56 Å². The highest BCUT2D eigenvalue weighted by molar-refractivity contribution is 5.29. The number of aromatic nitrogens is 2. The van der Waals surface area contributed by atoms with Crippen molar-refractivity contribution in [2.75, 3.05) is 0 Å². The molecule has 1 atom stereocenters. The molecule has 0 aliphatic carbocycles. The van der Waals surface area contributed by atoms with Crippen LogP contribution in [0, 0.1) is 0 Å². The number of hydrogen-bond acceptors (Lipinski definition) is 2. The molecule has 4 heteroatoms. The first-order chi connectivity index (χ1) is 9.11. The molecule has 0 saturated heterocycles. The van der Waals surface area contributed by atoms with E-state index < -0.39 is 5.69 Å². The molecule has 0 bridgehead atoms. The fraction of sp³-hybridized carbons (Fsp3) is 0.200. The monoisotopic (exact) mass is 256 g/mol. The summed E-state index contributed by atoms with van der Waals surface area (Å²) in [5.41, 5.74) is 1.44. The molecular formula is C15H16N2O2. The maximum Gasteiger partial charge on any atom is 0.325 e. The van der Waals surface area contributed by atoms with Crippen molar-refractivity contribution in [3.63, 3.8) is 0 Å². The van der Waals surface area contributed by atoms with Gasteiger partial charge in [-0.3, -0.25) is 9.78 Å². The Balaban J connectivity index is 2.52. The standard InChI is InChI=1S/C15H16N2O2/c1-3-10(2)13-12(16-15(19)17-14(13)18)9-11-7-5-4-6-8-11/h3-8,10H,1,9H2,2H3,(H2,16,17,18,19). The van der Waals surface area contributed by atoms with Gasteiger partial charge in [0, 0.05) is 23.6 Å². The van der Waals surface area contributed by atoms with E-state index in [1.165, 1.54) is 0 Å². The largest absolute Gasteiger partial charge is 0.325 e. The number of hydrogen-bond donors (Lipinski definition) is 2. The summed E-state index contributed by atoms with van der Waals surface area (Å²) in [6.07, 6.45) is 2.21. The van der Waals surface area contributed by atoms with E-state index in [0.717, 1.165) is 5.56 Å². The predicted octanol–water partition coefficient (Wildman–Crippen LogP) is 1.94. The van der Waals surface area contributed by atoms with Crippen molar-refractivity contribution < 1.29 is 0 Å². The minimum absolute atomic E-state index is 0.112. The minimum Gasteiger partial charge on any atom is -0.311 e. The zero-order chi connectivity index (χ0) is 13.8. The molecule has 0 aliphatic heterocycles. The Morgan fingerprint density at radius 1 is 1.21 bits per heavy atom. The summed E-state index contributed by atoms with van der Waals surface area (Å²) in [5.74, 6) is -0.112. The van der Waals surface area contributed by atoms with Gasteiger partial charge in [0.1, 0.15) is 0 Å². The highest BCUT2D eigenvalue weighted by atomic mass is 16.2. The molecule has 1 unspecified atom stereocenters. The number of allylic oxidation sites excluding steroid dienone is 1. The van der Waals surface area contributed by atoms with Gasteiger partial charge in [-0.1, -0.05) is 43.3 Å². The lowest BCUT2D eigenvalue weighted by atomic mass is 9.97. The molecule has 1 aromatic heterocycles. The Bertz CT molecular complexity index is 683. The van der Waals surface area contributed by atoms with Gasteiger partial charge in [0.15, 0.2) is 0 Å². The van der Waals surface area contributed by atoms with Crippen molar-refractivity contribution in [3.8, 4) is 0 Å². The maximum atomic E-state index is 11.9. The summed E-state index contributed by atoms with van der Waals surface area (Å²) >= 11 is 0. The highest BCUT2D eigenvalue weighted by Gasteiger charge is 2.14. The third kappa shape index (κ3) is 2.91. The number of aromatic amines is 2. The van der Waals surface area contributed by atoms with Crippen molar-refractivity contribution in [2.24, 2.45) is 0 Å². The van der Waals surface area contributed by atoms with Crippen LogP contribution in [0.2, 0.25) is 0 Å². The summed E-state index contributed by atoms with van der Waals surface area (Å²) in [4.78, 5) is 28.3. The normalized spacial score (nSPS) is 12.1. The second-order valence-electron chi connectivity index (χ2n) is 4.49. The van der Waals surface area contributed by atoms with Gasteiger partial charge in [0.25, 0.3) is 5.56 Å². The molecular weight excluding hydrogens is 240 g/mol. The molecule has 1 heterocycles. The van der Waals surface area contributed by atoms with E-state index in [0.29, 0.717) is 17.7 Å². The van der Waals surface area contributed by atoms with Gasteiger partial charge >= 0.3 is 5.69 Å². The number of H-pyrrole nitrogens is 2. The number of nitrogens with one attached hydrogen (secondary N) is 2. The molecule has 0 fully saturated rings. The van der Waals surface area contributed by atoms with Crippen molar-refractivity contribution in [1.82, 2.24) is 9.97 Å². The lowest BCUT2D eigenvalue weighted by molar-refractivity contribution is 0.840. The smallest absolute Gasteiger partial charge is 0.311 e. The average Bonchev–Trinajstić information content (AvgIpc) is 2.38. The van der Waals surface area contributed by atoms with Crippen LogP contribution < -0.4 is 11.2 Å². The summed E-state index contributed by atoms with van der Waals surface area (Å²) in [6.45, 7) is 5.58. The molecule has 4 nitrogen and oxygen atoms in total. The fourth-order valence-corrected chi connectivity index (χ4v) is 2.08. The Labute approximate surface area is 110 Å². The zero-order valence-electron chi connectivity index (χ0n) is 10.8. The van der Waals surface area contributed by atoms with Crippen LogP contribution in [0.4, 0.5) is 0 Å². The van der Waals surface area contributed by atoms with Crippen LogP contribution in [-0.4, -0.2) is 9.97 Å². The quantitative estimate of drug-likeness (QED) is 0.821. The molecule has 0 saturated carbocycles. The minimum atomic E-state index is -0.476. The topological polar surface area (TPSA) is 65.7 Å². The third-order valence-electron chi connectivity index (χ3n) is 3.09. The van der Waals surface area contributed by atoms with E-state index in [1.54, 1.807) is 6.08 Å². The van der Waals surface area contributed by atoms with Gasteiger partial charge in [-0.15, -0.1) is 6.58 Å². The molecule has 19 heavy (non-hydrogen) atoms. The Kier molecular flexibility index (Phi) is 3.80. The average molecular weight is 256 g/mol. The lowest BCUT2D eigenvalue weighted by Gasteiger charge is -2.11. The first-order valence-corrected chi connectivity index (χ1v) is 6.13. The van der Waals surface area contributed by atoms with Gasteiger partial charge in [-0.25, -0.2) is 4.79 Å². The van der Waals surface area contributed by atoms with Crippen LogP contribution in [0.15, 0.2) is 52.6 Å².